The van der Waals surface area contributed by atoms with E-state index in [0.29, 0.717) is 24.9 Å². The Bertz CT molecular complexity index is 727. The molecule has 6 nitrogen and oxygen atoms in total. The summed E-state index contributed by atoms with van der Waals surface area (Å²) in [7, 11) is 0. The zero-order valence-corrected chi connectivity index (χ0v) is 14.9. The quantitative estimate of drug-likeness (QED) is 0.838. The number of halogens is 2. The van der Waals surface area contributed by atoms with Crippen molar-refractivity contribution in [1.29, 1.82) is 0 Å². The van der Waals surface area contributed by atoms with Crippen LogP contribution in [0.4, 0.5) is 13.6 Å². The van der Waals surface area contributed by atoms with Crippen LogP contribution >= 0.6 is 0 Å². The Labute approximate surface area is 150 Å². The predicted octanol–water partition coefficient (Wildman–Crippen LogP) is 2.87. The highest BCUT2D eigenvalue weighted by atomic mass is 19.1. The van der Waals surface area contributed by atoms with Crippen molar-refractivity contribution in [1.82, 2.24) is 10.6 Å². The third-order valence-electron chi connectivity index (χ3n) is 3.48. The first-order chi connectivity index (χ1) is 12.2. The molecule has 2 rings (SSSR count). The maximum absolute atomic E-state index is 13.7. The number of carbonyl (C=O) groups excluding carboxylic acids is 2. The van der Waals surface area contributed by atoms with Gasteiger partial charge in [-0.15, -0.1) is 0 Å². The summed E-state index contributed by atoms with van der Waals surface area (Å²) in [5.41, 5.74) is 0.219. The molecular weight excluding hydrogens is 346 g/mol. The summed E-state index contributed by atoms with van der Waals surface area (Å²) >= 11 is 0. The fraction of sp³-hybridized carbons (Fsp3) is 0.444. The van der Waals surface area contributed by atoms with Crippen LogP contribution in [0, 0.1) is 5.82 Å². The monoisotopic (exact) mass is 368 g/mol. The van der Waals surface area contributed by atoms with Crippen LogP contribution in [0.5, 0.6) is 5.75 Å². The molecule has 0 atom stereocenters. The number of nitrogens with one attached hydrogen (secondary N) is 2. The van der Waals surface area contributed by atoms with E-state index in [1.165, 1.54) is 6.07 Å². The molecule has 1 aromatic rings. The number of hydrogen-bond acceptors (Lipinski definition) is 4. The van der Waals surface area contributed by atoms with Crippen molar-refractivity contribution in [3.05, 3.63) is 41.0 Å². The number of fused-ring (bicyclic) bond motifs is 1. The van der Waals surface area contributed by atoms with E-state index >= 15 is 0 Å². The number of alkyl carbamates (subject to hydrolysis) is 1. The van der Waals surface area contributed by atoms with E-state index in [0.717, 1.165) is 6.07 Å². The minimum atomic E-state index is -0.695. The van der Waals surface area contributed by atoms with E-state index < -0.39 is 17.5 Å². The molecule has 2 N–H and O–H groups in total. The molecule has 1 aromatic carbocycles. The number of hydrogen-bond donors (Lipinski definition) is 2. The van der Waals surface area contributed by atoms with Crippen LogP contribution in [0.1, 0.15) is 36.7 Å². The van der Waals surface area contributed by atoms with Crippen molar-refractivity contribution in [2.45, 2.75) is 32.8 Å². The molecule has 0 saturated carbocycles. The summed E-state index contributed by atoms with van der Waals surface area (Å²) < 4.78 is 37.3. The molecule has 0 unspecified atom stereocenters. The first-order valence-corrected chi connectivity index (χ1v) is 8.18. The Morgan fingerprint density at radius 2 is 2.12 bits per heavy atom. The first-order valence-electron chi connectivity index (χ1n) is 8.18. The molecule has 0 aliphatic carbocycles. The number of rotatable bonds is 5. The second-order valence-electron chi connectivity index (χ2n) is 6.86. The molecule has 26 heavy (non-hydrogen) atoms. The molecule has 0 radical (unpaired) electrons. The summed E-state index contributed by atoms with van der Waals surface area (Å²) in [6, 6.07) is 2.37. The van der Waals surface area contributed by atoms with Crippen LogP contribution < -0.4 is 15.4 Å². The largest absolute Gasteiger partial charge is 0.488 e. The maximum Gasteiger partial charge on any atom is 0.407 e. The summed E-state index contributed by atoms with van der Waals surface area (Å²) in [4.78, 5) is 23.6. The van der Waals surface area contributed by atoms with Crippen molar-refractivity contribution in [2.24, 2.45) is 0 Å². The highest BCUT2D eigenvalue weighted by Gasteiger charge is 2.23. The van der Waals surface area contributed by atoms with Crippen molar-refractivity contribution in [3.8, 4) is 5.75 Å². The topological polar surface area (TPSA) is 76.7 Å². The van der Waals surface area contributed by atoms with Crippen molar-refractivity contribution in [3.63, 3.8) is 0 Å². The van der Waals surface area contributed by atoms with E-state index in [4.69, 9.17) is 9.47 Å². The summed E-state index contributed by atoms with van der Waals surface area (Å²) in [6.07, 6.45) is 0.0871. The first kappa shape index (κ1) is 19.7. The van der Waals surface area contributed by atoms with Gasteiger partial charge < -0.3 is 20.1 Å². The summed E-state index contributed by atoms with van der Waals surface area (Å²) in [5.74, 6) is -0.862. The van der Waals surface area contributed by atoms with Crippen molar-refractivity contribution in [2.75, 3.05) is 19.7 Å². The van der Waals surface area contributed by atoms with Gasteiger partial charge in [-0.05, 0) is 38.8 Å². The van der Waals surface area contributed by atoms with Gasteiger partial charge >= 0.3 is 6.09 Å². The third-order valence-corrected chi connectivity index (χ3v) is 3.48. The van der Waals surface area contributed by atoms with Gasteiger partial charge in [0.15, 0.2) is 0 Å². The summed E-state index contributed by atoms with van der Waals surface area (Å²) in [6.45, 7) is 5.15. The zero-order chi connectivity index (χ0) is 19.3. The highest BCUT2D eigenvalue weighted by Crippen LogP contribution is 2.27. The SMILES string of the molecule is CC(C)(C)OC(=O)NC/C(=C/F)COc1cc(F)cc2c1C(=O)NCC2. The number of benzene rings is 1. The van der Waals surface area contributed by atoms with E-state index in [2.05, 4.69) is 10.6 Å². The standard InChI is InChI=1S/C18H22F2N2O4/c1-18(2,3)26-17(24)22-9-11(8-19)10-25-14-7-13(20)6-12-4-5-21-16(23)15(12)14/h6-8H,4-5,9-10H2,1-3H3,(H,21,23)(H,22,24)/b11-8-. The van der Waals surface area contributed by atoms with E-state index in [-0.39, 0.29) is 35.9 Å². The van der Waals surface area contributed by atoms with Crippen LogP contribution in [0.3, 0.4) is 0 Å². The molecule has 0 aromatic heterocycles. The Morgan fingerprint density at radius 3 is 2.77 bits per heavy atom. The third kappa shape index (κ3) is 5.44. The van der Waals surface area contributed by atoms with Gasteiger partial charge in [-0.2, -0.15) is 0 Å². The molecule has 1 heterocycles. The lowest BCUT2D eigenvalue weighted by Crippen LogP contribution is -2.34. The van der Waals surface area contributed by atoms with E-state index in [1.54, 1.807) is 20.8 Å². The van der Waals surface area contributed by atoms with Crippen LogP contribution in [-0.4, -0.2) is 37.3 Å². The Hall–Kier alpha value is -2.64. The Morgan fingerprint density at radius 1 is 1.38 bits per heavy atom. The van der Waals surface area contributed by atoms with Crippen LogP contribution in [0.25, 0.3) is 0 Å². The van der Waals surface area contributed by atoms with E-state index in [1.807, 2.05) is 0 Å². The van der Waals surface area contributed by atoms with Crippen LogP contribution in [0.15, 0.2) is 24.0 Å². The normalized spacial score (nSPS) is 14.3. The number of ether oxygens (including phenoxy) is 2. The number of carbonyl (C=O) groups is 2. The van der Waals surface area contributed by atoms with Gasteiger partial charge in [-0.3, -0.25) is 4.79 Å². The highest BCUT2D eigenvalue weighted by molar-refractivity contribution is 5.99. The van der Waals surface area contributed by atoms with Gasteiger partial charge in [0.25, 0.3) is 5.91 Å². The van der Waals surface area contributed by atoms with Gasteiger partial charge in [0.05, 0.1) is 11.9 Å². The molecule has 0 saturated heterocycles. The van der Waals surface area contributed by atoms with Gasteiger partial charge in [0.1, 0.15) is 23.8 Å². The smallest absolute Gasteiger partial charge is 0.407 e. The summed E-state index contributed by atoms with van der Waals surface area (Å²) in [5, 5.41) is 5.06. The molecule has 1 aliphatic rings. The van der Waals surface area contributed by atoms with Crippen molar-refractivity contribution < 1.29 is 27.8 Å². The van der Waals surface area contributed by atoms with Gasteiger partial charge in [-0.1, -0.05) is 0 Å². The fourth-order valence-corrected chi connectivity index (χ4v) is 2.40. The minimum absolute atomic E-state index is 0.0359. The second kappa shape index (κ2) is 8.16. The van der Waals surface area contributed by atoms with Crippen LogP contribution in [-0.2, 0) is 11.2 Å². The average molecular weight is 368 g/mol. The lowest BCUT2D eigenvalue weighted by atomic mass is 9.99. The lowest BCUT2D eigenvalue weighted by molar-refractivity contribution is 0.0531. The molecule has 0 fully saturated rings. The average Bonchev–Trinajstić information content (AvgIpc) is 2.52. The Kier molecular flexibility index (Phi) is 6.18. The minimum Gasteiger partial charge on any atom is -0.488 e. The predicted molar refractivity (Wildman–Crippen MR) is 91.4 cm³/mol. The molecular formula is C18H22F2N2O4. The lowest BCUT2D eigenvalue weighted by Gasteiger charge is -2.21. The van der Waals surface area contributed by atoms with Gasteiger partial charge in [0, 0.05) is 24.7 Å². The molecule has 8 heteroatoms. The van der Waals surface area contributed by atoms with Crippen LogP contribution in [0.2, 0.25) is 0 Å². The Balaban J connectivity index is 2.00. The van der Waals surface area contributed by atoms with Gasteiger partial charge in [0.2, 0.25) is 0 Å². The molecule has 2 amide bonds. The van der Waals surface area contributed by atoms with Gasteiger partial charge in [-0.25, -0.2) is 13.6 Å². The molecule has 1 aliphatic heterocycles. The van der Waals surface area contributed by atoms with E-state index in [9.17, 15) is 18.4 Å². The fourth-order valence-electron chi connectivity index (χ4n) is 2.40. The maximum atomic E-state index is 13.7. The zero-order valence-electron chi connectivity index (χ0n) is 14.9. The molecule has 142 valence electrons. The van der Waals surface area contributed by atoms with Crippen molar-refractivity contribution >= 4 is 12.0 Å². The molecule has 0 bridgehead atoms. The molecule has 0 spiro atoms. The second-order valence-corrected chi connectivity index (χ2v) is 6.86. The number of amides is 2.